The average Bonchev–Trinajstić information content (AvgIpc) is 2.91. The third-order valence-corrected chi connectivity index (χ3v) is 6.75. The topological polar surface area (TPSA) is 58.6 Å². The number of nitrogens with one attached hydrogen (secondary N) is 1. The normalized spacial score (nSPS) is 15.7. The summed E-state index contributed by atoms with van der Waals surface area (Å²) in [6.07, 6.45) is 6.96. The summed E-state index contributed by atoms with van der Waals surface area (Å²) in [7, 11) is 1.60. The number of hydrogen-bond donors (Lipinski definition) is 1. The van der Waals surface area contributed by atoms with Crippen LogP contribution in [0.25, 0.3) is 0 Å². The highest BCUT2D eigenvalue weighted by Crippen LogP contribution is 2.29. The van der Waals surface area contributed by atoms with Gasteiger partial charge in [0, 0.05) is 17.3 Å². The summed E-state index contributed by atoms with van der Waals surface area (Å²) in [6, 6.07) is 23.7. The van der Waals surface area contributed by atoms with Gasteiger partial charge in [0.25, 0.3) is 0 Å². The molecule has 3 aromatic carbocycles. The van der Waals surface area contributed by atoms with Gasteiger partial charge in [-0.1, -0.05) is 66.2 Å². The molecule has 4 rings (SSSR count). The number of halogens is 1. The zero-order valence-electron chi connectivity index (χ0n) is 20.4. The maximum atomic E-state index is 13.8. The molecule has 0 heterocycles. The van der Waals surface area contributed by atoms with E-state index in [-0.39, 0.29) is 24.2 Å². The minimum absolute atomic E-state index is 0.0141. The van der Waals surface area contributed by atoms with E-state index in [1.807, 2.05) is 66.7 Å². The zero-order chi connectivity index (χ0) is 25.3. The lowest BCUT2D eigenvalue weighted by Crippen LogP contribution is -2.51. The van der Waals surface area contributed by atoms with E-state index in [1.54, 1.807) is 24.1 Å². The quantitative estimate of drug-likeness (QED) is 0.350. The molecule has 0 saturated carbocycles. The molecule has 0 radical (unpaired) electrons. The van der Waals surface area contributed by atoms with E-state index in [4.69, 9.17) is 16.3 Å². The number of carbonyl (C=O) groups excluding carboxylic acids is 2. The van der Waals surface area contributed by atoms with E-state index < -0.39 is 6.04 Å². The highest BCUT2D eigenvalue weighted by molar-refractivity contribution is 6.30. The van der Waals surface area contributed by atoms with Gasteiger partial charge in [-0.2, -0.15) is 0 Å². The van der Waals surface area contributed by atoms with E-state index in [0.717, 1.165) is 30.4 Å². The second-order valence-corrected chi connectivity index (χ2v) is 9.45. The maximum absolute atomic E-state index is 13.8. The molecule has 0 unspecified atom stereocenters. The number of methoxy groups -OCH3 is 1. The summed E-state index contributed by atoms with van der Waals surface area (Å²) in [5.41, 5.74) is 2.51. The van der Waals surface area contributed by atoms with Crippen molar-refractivity contribution in [2.45, 2.75) is 38.3 Å². The summed E-state index contributed by atoms with van der Waals surface area (Å²) in [6.45, 7) is 0.323. The van der Waals surface area contributed by atoms with Gasteiger partial charge in [0.15, 0.2) is 0 Å². The van der Waals surface area contributed by atoms with Crippen molar-refractivity contribution in [2.24, 2.45) is 5.92 Å². The van der Waals surface area contributed by atoms with Crippen LogP contribution >= 0.6 is 11.6 Å². The molecule has 5 nitrogen and oxygen atoms in total. The van der Waals surface area contributed by atoms with Crippen molar-refractivity contribution in [1.29, 1.82) is 0 Å². The third-order valence-electron chi connectivity index (χ3n) is 6.50. The van der Waals surface area contributed by atoms with E-state index >= 15 is 0 Å². The number of amides is 2. The van der Waals surface area contributed by atoms with Crippen molar-refractivity contribution < 1.29 is 14.3 Å². The summed E-state index contributed by atoms with van der Waals surface area (Å²) in [4.78, 5) is 29.4. The first kappa shape index (κ1) is 25.5. The Morgan fingerprint density at radius 1 is 0.972 bits per heavy atom. The molecule has 1 N–H and O–H groups in total. The van der Waals surface area contributed by atoms with Crippen LogP contribution in [0.3, 0.4) is 0 Å². The van der Waals surface area contributed by atoms with E-state index in [2.05, 4.69) is 17.5 Å². The van der Waals surface area contributed by atoms with Gasteiger partial charge < -0.3 is 15.0 Å². The number of nitrogens with zero attached hydrogens (tertiary/aromatic N) is 1. The van der Waals surface area contributed by atoms with Crippen LogP contribution in [0.1, 0.15) is 30.4 Å². The third kappa shape index (κ3) is 6.76. The van der Waals surface area contributed by atoms with Gasteiger partial charge in [0.1, 0.15) is 11.8 Å². The first-order valence-corrected chi connectivity index (χ1v) is 12.6. The molecular weight excluding hydrogens is 472 g/mol. The summed E-state index contributed by atoms with van der Waals surface area (Å²) in [5, 5.41) is 3.68. The molecule has 0 aromatic heterocycles. The molecule has 3 aromatic rings. The molecule has 0 bridgehead atoms. The first-order valence-electron chi connectivity index (χ1n) is 12.2. The number of carbonyl (C=O) groups is 2. The van der Waals surface area contributed by atoms with Gasteiger partial charge in [0.05, 0.1) is 13.5 Å². The molecule has 0 spiro atoms. The van der Waals surface area contributed by atoms with Crippen LogP contribution < -0.4 is 10.1 Å². The molecule has 186 valence electrons. The lowest BCUT2D eigenvalue weighted by atomic mass is 9.85. The second-order valence-electron chi connectivity index (χ2n) is 9.02. The lowest BCUT2D eigenvalue weighted by Gasteiger charge is -2.37. The SMILES string of the molecule is COc1ccc(NC(=O)[C@@H]([C@@H]2CC=CCC2)N(Cc2ccc(Cl)cc2)C(=O)Cc2ccccc2)cc1. The number of allylic oxidation sites excluding steroid dienone is 2. The van der Waals surface area contributed by atoms with Crippen molar-refractivity contribution in [3.05, 3.63) is 107 Å². The Hall–Kier alpha value is -3.57. The number of ether oxygens (including phenoxy) is 1. The fourth-order valence-electron chi connectivity index (χ4n) is 4.60. The van der Waals surface area contributed by atoms with Gasteiger partial charge in [-0.05, 0) is 72.7 Å². The largest absolute Gasteiger partial charge is 0.497 e. The molecule has 0 fully saturated rings. The zero-order valence-corrected chi connectivity index (χ0v) is 21.2. The van der Waals surface area contributed by atoms with Crippen LogP contribution in [0.15, 0.2) is 91.0 Å². The molecule has 0 saturated heterocycles. The molecule has 0 aliphatic heterocycles. The summed E-state index contributed by atoms with van der Waals surface area (Å²) >= 11 is 6.10. The fourth-order valence-corrected chi connectivity index (χ4v) is 4.73. The van der Waals surface area contributed by atoms with E-state index in [1.165, 1.54) is 0 Å². The molecule has 1 aliphatic rings. The smallest absolute Gasteiger partial charge is 0.247 e. The van der Waals surface area contributed by atoms with Gasteiger partial charge in [-0.15, -0.1) is 0 Å². The highest BCUT2D eigenvalue weighted by atomic mass is 35.5. The Morgan fingerprint density at radius 3 is 2.33 bits per heavy atom. The van der Waals surface area contributed by atoms with Crippen LogP contribution in [0.4, 0.5) is 5.69 Å². The Labute approximate surface area is 217 Å². The standard InChI is InChI=1S/C30H31ClN2O3/c1-36-27-18-16-26(17-19-27)32-30(35)29(24-10-6-3-7-11-24)33(21-23-12-14-25(31)15-13-23)28(34)20-22-8-4-2-5-9-22/h2-6,8-9,12-19,24,29H,7,10-11,20-21H2,1H3,(H,32,35)/t24-,29-/m1/s1. The summed E-state index contributed by atoms with van der Waals surface area (Å²) < 4.78 is 5.24. The van der Waals surface area contributed by atoms with E-state index in [0.29, 0.717) is 23.0 Å². The van der Waals surface area contributed by atoms with Gasteiger partial charge in [-0.3, -0.25) is 9.59 Å². The Balaban J connectivity index is 1.66. The van der Waals surface area contributed by atoms with Crippen molar-refractivity contribution in [3.8, 4) is 5.75 Å². The van der Waals surface area contributed by atoms with Crippen molar-refractivity contribution in [2.75, 3.05) is 12.4 Å². The molecule has 1 aliphatic carbocycles. The lowest BCUT2D eigenvalue weighted by molar-refractivity contribution is -0.141. The molecule has 36 heavy (non-hydrogen) atoms. The van der Waals surface area contributed by atoms with Crippen LogP contribution in [-0.2, 0) is 22.6 Å². The highest BCUT2D eigenvalue weighted by Gasteiger charge is 2.36. The maximum Gasteiger partial charge on any atom is 0.247 e. The number of hydrogen-bond acceptors (Lipinski definition) is 3. The Kier molecular flexibility index (Phi) is 8.80. The monoisotopic (exact) mass is 502 g/mol. The number of benzene rings is 3. The molecule has 6 heteroatoms. The first-order chi connectivity index (χ1) is 17.5. The van der Waals surface area contributed by atoms with Crippen molar-refractivity contribution >= 4 is 29.1 Å². The fraction of sp³-hybridized carbons (Fsp3) is 0.267. The van der Waals surface area contributed by atoms with Crippen molar-refractivity contribution in [1.82, 2.24) is 4.90 Å². The van der Waals surface area contributed by atoms with Crippen LogP contribution in [0.2, 0.25) is 5.02 Å². The van der Waals surface area contributed by atoms with Gasteiger partial charge in [0.2, 0.25) is 11.8 Å². The summed E-state index contributed by atoms with van der Waals surface area (Å²) in [5.74, 6) is 0.459. The minimum atomic E-state index is -0.621. The van der Waals surface area contributed by atoms with E-state index in [9.17, 15) is 9.59 Å². The molecular formula is C30H31ClN2O3. The Morgan fingerprint density at radius 2 is 1.69 bits per heavy atom. The van der Waals surface area contributed by atoms with Crippen LogP contribution in [0.5, 0.6) is 5.75 Å². The predicted molar refractivity (Wildman–Crippen MR) is 144 cm³/mol. The van der Waals surface area contributed by atoms with Gasteiger partial charge in [-0.25, -0.2) is 0 Å². The van der Waals surface area contributed by atoms with Gasteiger partial charge >= 0.3 is 0 Å². The Bertz CT molecular complexity index is 1180. The average molecular weight is 503 g/mol. The second kappa shape index (κ2) is 12.4. The molecule has 2 atom stereocenters. The molecule has 2 amide bonds. The van der Waals surface area contributed by atoms with Crippen LogP contribution in [-0.4, -0.2) is 29.9 Å². The minimum Gasteiger partial charge on any atom is -0.497 e. The number of anilines is 1. The van der Waals surface area contributed by atoms with Crippen LogP contribution in [0, 0.1) is 5.92 Å². The number of rotatable bonds is 9. The van der Waals surface area contributed by atoms with Crippen molar-refractivity contribution in [3.63, 3.8) is 0 Å². The predicted octanol–water partition coefficient (Wildman–Crippen LogP) is 6.28.